The number of carbonyl (C=O) groups excluding carboxylic acids is 2. The maximum Gasteiger partial charge on any atom is 0.471 e. The first-order chi connectivity index (χ1) is 23.7. The van der Waals surface area contributed by atoms with E-state index in [9.17, 15) is 28.0 Å². The summed E-state index contributed by atoms with van der Waals surface area (Å²) in [6.07, 6.45) is -4.04. The molecule has 15 heteroatoms. The number of hydrogen-bond donors (Lipinski definition) is 0. The zero-order valence-corrected chi connectivity index (χ0v) is 28.9. The molecule has 2 fully saturated rings. The molecule has 11 nitrogen and oxygen atoms in total. The van der Waals surface area contributed by atoms with Crippen LogP contribution in [0.15, 0.2) is 36.4 Å². The van der Waals surface area contributed by atoms with Crippen LogP contribution in [0.4, 0.5) is 29.5 Å². The predicted octanol–water partition coefficient (Wildman–Crippen LogP) is 6.12. The lowest BCUT2D eigenvalue weighted by atomic mass is 10.0. The number of benzene rings is 2. The number of hydrogen-bond acceptors (Lipinski definition) is 9. The van der Waals surface area contributed by atoms with Crippen molar-refractivity contribution in [1.29, 1.82) is 5.26 Å². The number of carbonyl (C=O) groups is 2. The average Bonchev–Trinajstić information content (AvgIpc) is 3.53. The Balaban J connectivity index is 1.32. The number of likely N-dealkylation sites (tertiary alicyclic amines) is 1. The summed E-state index contributed by atoms with van der Waals surface area (Å²) < 4.78 is 51.5. The number of aromatic nitrogens is 2. The van der Waals surface area contributed by atoms with E-state index in [0.29, 0.717) is 62.0 Å². The van der Waals surface area contributed by atoms with Crippen molar-refractivity contribution < 1.29 is 32.2 Å². The molecular weight excluding hydrogens is 675 g/mol. The molecule has 0 bridgehead atoms. The van der Waals surface area contributed by atoms with Crippen molar-refractivity contribution in [2.24, 2.45) is 0 Å². The van der Waals surface area contributed by atoms with Crippen LogP contribution in [0.3, 0.4) is 0 Å². The zero-order chi connectivity index (χ0) is 35.8. The van der Waals surface area contributed by atoms with E-state index in [1.54, 1.807) is 25.7 Å². The van der Waals surface area contributed by atoms with Crippen LogP contribution < -0.4 is 14.5 Å². The SMILES string of the molecule is CC(C)(C)OC(=O)N1CCN(c2nc(OCC3CCCN3C(=O)C(F)(F)F)nc3c2CCN(c2cccc4cccc(Cl)c24)C3)C[C@@H]1CC#N. The summed E-state index contributed by atoms with van der Waals surface area (Å²) in [5.74, 6) is -1.30. The normalized spacial score (nSPS) is 19.7. The molecule has 0 spiro atoms. The van der Waals surface area contributed by atoms with Gasteiger partial charge >= 0.3 is 24.2 Å². The van der Waals surface area contributed by atoms with E-state index in [1.165, 1.54) is 0 Å². The minimum absolute atomic E-state index is 0.00652. The van der Waals surface area contributed by atoms with Gasteiger partial charge in [-0.2, -0.15) is 28.4 Å². The molecule has 3 aromatic rings. The van der Waals surface area contributed by atoms with Gasteiger partial charge in [-0.05, 0) is 57.6 Å². The van der Waals surface area contributed by atoms with E-state index >= 15 is 0 Å². The third kappa shape index (κ3) is 7.47. The number of fused-ring (bicyclic) bond motifs is 2. The Morgan fingerprint density at radius 3 is 2.48 bits per heavy atom. The molecule has 3 aliphatic heterocycles. The number of nitrogens with zero attached hydrogens (tertiary/aromatic N) is 7. The molecule has 1 unspecified atom stereocenters. The van der Waals surface area contributed by atoms with E-state index in [0.717, 1.165) is 26.9 Å². The number of amides is 2. The molecule has 0 N–H and O–H groups in total. The molecule has 6 rings (SSSR count). The highest BCUT2D eigenvalue weighted by atomic mass is 35.5. The van der Waals surface area contributed by atoms with Gasteiger partial charge < -0.3 is 29.1 Å². The smallest absolute Gasteiger partial charge is 0.461 e. The van der Waals surface area contributed by atoms with Crippen LogP contribution in [-0.4, -0.2) is 95.0 Å². The van der Waals surface area contributed by atoms with Crippen molar-refractivity contribution in [3.05, 3.63) is 52.7 Å². The number of nitriles is 1. The second-order valence-corrected chi connectivity index (χ2v) is 14.2. The van der Waals surface area contributed by atoms with E-state index in [4.69, 9.17) is 31.0 Å². The molecule has 2 saturated heterocycles. The number of ether oxygens (including phenoxy) is 2. The summed E-state index contributed by atoms with van der Waals surface area (Å²) >= 11 is 6.67. The van der Waals surface area contributed by atoms with Crippen molar-refractivity contribution in [2.45, 2.75) is 76.9 Å². The molecule has 4 heterocycles. The third-order valence-electron chi connectivity index (χ3n) is 9.22. The second-order valence-electron chi connectivity index (χ2n) is 13.8. The maximum absolute atomic E-state index is 13.3. The van der Waals surface area contributed by atoms with Gasteiger partial charge in [-0.1, -0.05) is 35.9 Å². The molecule has 50 heavy (non-hydrogen) atoms. The Labute approximate surface area is 293 Å². The van der Waals surface area contributed by atoms with Crippen molar-refractivity contribution in [3.8, 4) is 12.1 Å². The monoisotopic (exact) mass is 713 g/mol. The molecule has 2 aromatic carbocycles. The van der Waals surface area contributed by atoms with Crippen LogP contribution in [0.5, 0.6) is 6.01 Å². The fraction of sp³-hybridized carbons (Fsp3) is 0.514. The minimum atomic E-state index is -4.98. The lowest BCUT2D eigenvalue weighted by Crippen LogP contribution is -2.56. The van der Waals surface area contributed by atoms with Crippen molar-refractivity contribution in [3.63, 3.8) is 0 Å². The fourth-order valence-electron chi connectivity index (χ4n) is 6.96. The lowest BCUT2D eigenvalue weighted by Gasteiger charge is -2.42. The second kappa shape index (κ2) is 14.0. The number of halogens is 4. The molecule has 1 aromatic heterocycles. The quantitative estimate of drug-likeness (QED) is 0.298. The summed E-state index contributed by atoms with van der Waals surface area (Å²) in [5.41, 5.74) is 1.80. The van der Waals surface area contributed by atoms with Gasteiger partial charge in [0.05, 0.1) is 41.8 Å². The van der Waals surface area contributed by atoms with E-state index in [2.05, 4.69) is 11.0 Å². The Morgan fingerprint density at radius 1 is 1.00 bits per heavy atom. The Morgan fingerprint density at radius 2 is 1.76 bits per heavy atom. The summed E-state index contributed by atoms with van der Waals surface area (Å²) in [7, 11) is 0. The summed E-state index contributed by atoms with van der Waals surface area (Å²) in [6.45, 7) is 7.14. The molecule has 2 amide bonds. The third-order valence-corrected chi connectivity index (χ3v) is 9.53. The maximum atomic E-state index is 13.3. The van der Waals surface area contributed by atoms with Crippen LogP contribution in [0.2, 0.25) is 5.02 Å². The number of rotatable bonds is 6. The van der Waals surface area contributed by atoms with Gasteiger partial charge in [-0.15, -0.1) is 0 Å². The fourth-order valence-corrected chi connectivity index (χ4v) is 7.24. The Bertz CT molecular complexity index is 1810. The van der Waals surface area contributed by atoms with Crippen molar-refractivity contribution in [1.82, 2.24) is 19.8 Å². The standard InChI is InChI=1S/C35H39ClF3N7O4/c1-34(2,3)50-33(48)46-18-17-44(19-23(46)12-14-40)30-25-13-16-43(28-11-5-8-22-7-4-10-26(36)29(22)28)20-27(25)41-32(42-30)49-21-24-9-6-15-45(24)31(47)35(37,38)39/h4-5,7-8,10-11,23-24H,6,9,12-13,15-21H2,1-3H3/t23-,24?/m0/s1. The summed E-state index contributed by atoms with van der Waals surface area (Å²) in [4.78, 5) is 41.3. The topological polar surface area (TPSA) is 115 Å². The summed E-state index contributed by atoms with van der Waals surface area (Å²) in [5, 5.41) is 12.2. The van der Waals surface area contributed by atoms with Crippen LogP contribution in [-0.2, 0) is 22.5 Å². The van der Waals surface area contributed by atoms with Crippen LogP contribution >= 0.6 is 11.6 Å². The van der Waals surface area contributed by atoms with Gasteiger partial charge in [0, 0.05) is 49.4 Å². The average molecular weight is 714 g/mol. The molecule has 0 radical (unpaired) electrons. The van der Waals surface area contributed by atoms with Gasteiger partial charge in [0.15, 0.2) is 0 Å². The van der Waals surface area contributed by atoms with Crippen molar-refractivity contribution >= 4 is 45.9 Å². The summed E-state index contributed by atoms with van der Waals surface area (Å²) in [6, 6.07) is 12.6. The van der Waals surface area contributed by atoms with Gasteiger partial charge in [-0.3, -0.25) is 4.79 Å². The first-order valence-electron chi connectivity index (χ1n) is 16.7. The van der Waals surface area contributed by atoms with Crippen LogP contribution in [0.1, 0.15) is 51.3 Å². The zero-order valence-electron chi connectivity index (χ0n) is 28.2. The van der Waals surface area contributed by atoms with E-state index in [-0.39, 0.29) is 32.1 Å². The highest BCUT2D eigenvalue weighted by Crippen LogP contribution is 2.37. The highest BCUT2D eigenvalue weighted by molar-refractivity contribution is 6.36. The van der Waals surface area contributed by atoms with Gasteiger partial charge in [0.2, 0.25) is 0 Å². The van der Waals surface area contributed by atoms with E-state index < -0.39 is 35.9 Å². The first kappa shape index (κ1) is 35.3. The number of anilines is 2. The predicted molar refractivity (Wildman–Crippen MR) is 181 cm³/mol. The Hall–Kier alpha value is -4.51. The minimum Gasteiger partial charge on any atom is -0.461 e. The van der Waals surface area contributed by atoms with Gasteiger partial charge in [-0.25, -0.2) is 4.79 Å². The van der Waals surface area contributed by atoms with Crippen LogP contribution in [0, 0.1) is 11.3 Å². The van der Waals surface area contributed by atoms with Gasteiger partial charge in [0.25, 0.3) is 0 Å². The van der Waals surface area contributed by atoms with Crippen LogP contribution in [0.25, 0.3) is 10.8 Å². The first-order valence-corrected chi connectivity index (χ1v) is 17.1. The molecule has 2 atom stereocenters. The molecule has 3 aliphatic rings. The molecule has 266 valence electrons. The van der Waals surface area contributed by atoms with Gasteiger partial charge in [0.1, 0.15) is 18.0 Å². The number of alkyl halides is 3. The highest BCUT2D eigenvalue weighted by Gasteiger charge is 2.46. The van der Waals surface area contributed by atoms with E-state index in [1.807, 2.05) is 41.3 Å². The van der Waals surface area contributed by atoms with Crippen molar-refractivity contribution in [2.75, 3.05) is 49.1 Å². The Kier molecular flexibility index (Phi) is 9.90. The molecular formula is C35H39ClF3N7O4. The number of piperazine rings is 1. The molecule has 0 aliphatic carbocycles. The molecule has 0 saturated carbocycles. The lowest BCUT2D eigenvalue weighted by molar-refractivity contribution is -0.186. The largest absolute Gasteiger partial charge is 0.471 e.